The van der Waals surface area contributed by atoms with Crippen LogP contribution in [0.3, 0.4) is 0 Å². The van der Waals surface area contributed by atoms with Crippen molar-refractivity contribution in [2.24, 2.45) is 0 Å². The van der Waals surface area contributed by atoms with Crippen molar-refractivity contribution in [1.29, 1.82) is 0 Å². The highest BCUT2D eigenvalue weighted by Gasteiger charge is 2.14. The maximum atomic E-state index is 12.6. The lowest BCUT2D eigenvalue weighted by Crippen LogP contribution is -2.12. The van der Waals surface area contributed by atoms with Gasteiger partial charge in [0.2, 0.25) is 11.0 Å². The monoisotopic (exact) mass is 450 g/mol. The van der Waals surface area contributed by atoms with E-state index >= 15 is 0 Å². The van der Waals surface area contributed by atoms with Crippen LogP contribution in [0.2, 0.25) is 0 Å². The van der Waals surface area contributed by atoms with E-state index in [1.54, 1.807) is 50.3 Å². The van der Waals surface area contributed by atoms with Gasteiger partial charge in [0.25, 0.3) is 0 Å². The number of rotatable bonds is 7. The van der Waals surface area contributed by atoms with E-state index in [1.807, 2.05) is 31.2 Å². The molecule has 9 heteroatoms. The first kappa shape index (κ1) is 21.4. The molecule has 2 aromatic heterocycles. The number of thiazole rings is 1. The van der Waals surface area contributed by atoms with Crippen molar-refractivity contribution < 1.29 is 19.0 Å². The molecule has 4 aromatic rings. The summed E-state index contributed by atoms with van der Waals surface area (Å²) >= 11 is 1.46. The third-order valence-corrected chi connectivity index (χ3v) is 5.70. The number of nitrogens with one attached hydrogen (secondary N) is 1. The number of methoxy groups -OCH3 is 3. The van der Waals surface area contributed by atoms with Gasteiger partial charge >= 0.3 is 0 Å². The lowest BCUT2D eigenvalue weighted by molar-refractivity contribution is -0.111. The number of carbonyl (C=O) groups is 1. The van der Waals surface area contributed by atoms with E-state index in [0.717, 1.165) is 27.2 Å². The Morgan fingerprint density at radius 1 is 1.03 bits per heavy atom. The molecule has 2 heterocycles. The van der Waals surface area contributed by atoms with Gasteiger partial charge in [-0.2, -0.15) is 9.78 Å². The molecule has 1 amide bonds. The predicted molar refractivity (Wildman–Crippen MR) is 125 cm³/mol. The zero-order valence-corrected chi connectivity index (χ0v) is 18.9. The lowest BCUT2D eigenvalue weighted by Gasteiger charge is -2.07. The van der Waals surface area contributed by atoms with Crippen LogP contribution < -0.4 is 19.5 Å². The van der Waals surface area contributed by atoms with Gasteiger partial charge in [-0.3, -0.25) is 4.79 Å². The third-order valence-electron chi connectivity index (χ3n) is 4.70. The Morgan fingerprint density at radius 2 is 1.78 bits per heavy atom. The van der Waals surface area contributed by atoms with Gasteiger partial charge in [-0.25, -0.2) is 4.98 Å². The van der Waals surface area contributed by atoms with Crippen molar-refractivity contribution in [3.8, 4) is 22.4 Å². The Kier molecular flexibility index (Phi) is 6.09. The molecule has 32 heavy (non-hydrogen) atoms. The topological polar surface area (TPSA) is 87.5 Å². The van der Waals surface area contributed by atoms with Crippen LogP contribution in [-0.2, 0) is 4.79 Å². The Labute approximate surface area is 189 Å². The van der Waals surface area contributed by atoms with Crippen molar-refractivity contribution in [3.63, 3.8) is 0 Å². The largest absolute Gasteiger partial charge is 0.497 e. The Hall–Kier alpha value is -3.85. The second-order valence-electron chi connectivity index (χ2n) is 6.84. The molecule has 4 rings (SSSR count). The standard InChI is InChI=1S/C23H22N4O4S/c1-14-11-21(25-22(28)10-6-15-5-7-16(29-2)12-19(15)31-4)27(26-14)23-24-18-9-8-17(30-3)13-20(18)32-23/h5-13H,1-4H3,(H,25,28)/b10-6+. The summed E-state index contributed by atoms with van der Waals surface area (Å²) in [4.78, 5) is 17.3. The first-order valence-corrected chi connectivity index (χ1v) is 10.5. The number of ether oxygens (including phenoxy) is 3. The quantitative estimate of drug-likeness (QED) is 0.418. The number of carbonyl (C=O) groups excluding carboxylic acids is 1. The minimum Gasteiger partial charge on any atom is -0.497 e. The van der Waals surface area contributed by atoms with E-state index in [4.69, 9.17) is 14.2 Å². The zero-order valence-electron chi connectivity index (χ0n) is 18.1. The summed E-state index contributed by atoms with van der Waals surface area (Å²) in [5.74, 6) is 2.28. The van der Waals surface area contributed by atoms with E-state index in [2.05, 4.69) is 15.4 Å². The molecule has 0 aliphatic heterocycles. The molecule has 0 aliphatic carbocycles. The van der Waals surface area contributed by atoms with Gasteiger partial charge in [0.05, 0.1) is 37.2 Å². The molecule has 0 spiro atoms. The molecule has 8 nitrogen and oxygen atoms in total. The maximum absolute atomic E-state index is 12.6. The van der Waals surface area contributed by atoms with Crippen molar-refractivity contribution in [3.05, 3.63) is 59.8 Å². The summed E-state index contributed by atoms with van der Waals surface area (Å²) in [6, 6.07) is 12.9. The number of aryl methyl sites for hydroxylation is 1. The van der Waals surface area contributed by atoms with Crippen LogP contribution in [0, 0.1) is 6.92 Å². The molecule has 0 atom stereocenters. The first-order valence-electron chi connectivity index (χ1n) is 9.73. The number of aromatic nitrogens is 3. The summed E-state index contributed by atoms with van der Waals surface area (Å²) in [5, 5.41) is 8.03. The molecule has 2 aromatic carbocycles. The average molecular weight is 451 g/mol. The van der Waals surface area contributed by atoms with Gasteiger partial charge in [-0.1, -0.05) is 11.3 Å². The number of nitrogens with zero attached hydrogens (tertiary/aromatic N) is 3. The Morgan fingerprint density at radius 3 is 2.53 bits per heavy atom. The minimum absolute atomic E-state index is 0.299. The molecule has 0 unspecified atom stereocenters. The van der Waals surface area contributed by atoms with Crippen LogP contribution in [0.25, 0.3) is 21.4 Å². The summed E-state index contributed by atoms with van der Waals surface area (Å²) < 4.78 is 18.5. The van der Waals surface area contributed by atoms with Crippen molar-refractivity contribution in [2.45, 2.75) is 6.92 Å². The van der Waals surface area contributed by atoms with E-state index in [0.29, 0.717) is 22.4 Å². The molecule has 0 fully saturated rings. The SMILES string of the molecule is COc1ccc(/C=C/C(=O)Nc2cc(C)nn2-c2nc3ccc(OC)cc3s2)c(OC)c1. The zero-order chi connectivity index (χ0) is 22.7. The molecule has 164 valence electrons. The Balaban J connectivity index is 1.57. The summed E-state index contributed by atoms with van der Waals surface area (Å²) in [5.41, 5.74) is 2.36. The fourth-order valence-corrected chi connectivity index (χ4v) is 4.09. The fourth-order valence-electron chi connectivity index (χ4n) is 3.13. The van der Waals surface area contributed by atoms with Gasteiger partial charge in [0.15, 0.2) is 0 Å². The van der Waals surface area contributed by atoms with Gasteiger partial charge in [-0.05, 0) is 43.3 Å². The normalized spacial score (nSPS) is 11.1. The lowest BCUT2D eigenvalue weighted by atomic mass is 10.1. The summed E-state index contributed by atoms with van der Waals surface area (Å²) in [6.07, 6.45) is 3.13. The number of amides is 1. The molecular weight excluding hydrogens is 428 g/mol. The highest BCUT2D eigenvalue weighted by Crippen LogP contribution is 2.30. The van der Waals surface area contributed by atoms with E-state index < -0.39 is 0 Å². The highest BCUT2D eigenvalue weighted by molar-refractivity contribution is 7.20. The first-order chi connectivity index (χ1) is 15.5. The molecule has 0 bridgehead atoms. The van der Waals surface area contributed by atoms with Gasteiger partial charge in [0, 0.05) is 23.8 Å². The number of fused-ring (bicyclic) bond motifs is 1. The summed E-state index contributed by atoms with van der Waals surface area (Å²) in [6.45, 7) is 1.86. The minimum atomic E-state index is -0.299. The number of hydrogen-bond acceptors (Lipinski definition) is 7. The fraction of sp³-hybridized carbons (Fsp3) is 0.174. The highest BCUT2D eigenvalue weighted by atomic mass is 32.1. The third kappa shape index (κ3) is 4.42. The van der Waals surface area contributed by atoms with Gasteiger partial charge in [-0.15, -0.1) is 0 Å². The van der Waals surface area contributed by atoms with Gasteiger partial charge < -0.3 is 19.5 Å². The summed E-state index contributed by atoms with van der Waals surface area (Å²) in [7, 11) is 4.79. The maximum Gasteiger partial charge on any atom is 0.249 e. The number of hydrogen-bond donors (Lipinski definition) is 1. The smallest absolute Gasteiger partial charge is 0.249 e. The molecule has 0 saturated heterocycles. The Bertz CT molecular complexity index is 1310. The molecule has 0 aliphatic rings. The predicted octanol–water partition coefficient (Wildman–Crippen LogP) is 4.47. The molecular formula is C23H22N4O4S. The average Bonchev–Trinajstić information content (AvgIpc) is 3.39. The second-order valence-corrected chi connectivity index (χ2v) is 7.85. The van der Waals surface area contributed by atoms with Crippen molar-refractivity contribution in [1.82, 2.24) is 14.8 Å². The van der Waals surface area contributed by atoms with E-state index in [9.17, 15) is 4.79 Å². The van der Waals surface area contributed by atoms with Crippen molar-refractivity contribution in [2.75, 3.05) is 26.6 Å². The van der Waals surface area contributed by atoms with Crippen LogP contribution in [0.15, 0.2) is 48.5 Å². The molecule has 1 N–H and O–H groups in total. The second kappa shape index (κ2) is 9.11. The van der Waals surface area contributed by atoms with E-state index in [1.165, 1.54) is 17.4 Å². The van der Waals surface area contributed by atoms with Crippen LogP contribution in [0.1, 0.15) is 11.3 Å². The van der Waals surface area contributed by atoms with Crippen LogP contribution in [-0.4, -0.2) is 42.0 Å². The molecule has 0 radical (unpaired) electrons. The van der Waals surface area contributed by atoms with E-state index in [-0.39, 0.29) is 5.91 Å². The number of benzene rings is 2. The van der Waals surface area contributed by atoms with Crippen LogP contribution in [0.4, 0.5) is 5.82 Å². The van der Waals surface area contributed by atoms with Gasteiger partial charge in [0.1, 0.15) is 23.1 Å². The number of anilines is 1. The van der Waals surface area contributed by atoms with Crippen molar-refractivity contribution >= 4 is 39.4 Å². The van der Waals surface area contributed by atoms with Crippen LogP contribution >= 0.6 is 11.3 Å². The molecule has 0 saturated carbocycles. The van der Waals surface area contributed by atoms with Crippen LogP contribution in [0.5, 0.6) is 17.2 Å².